The van der Waals surface area contributed by atoms with Gasteiger partial charge in [-0.2, -0.15) is 0 Å². The van der Waals surface area contributed by atoms with E-state index in [1.165, 1.54) is 7.11 Å². The van der Waals surface area contributed by atoms with Crippen LogP contribution in [0, 0.1) is 0 Å². The van der Waals surface area contributed by atoms with Gasteiger partial charge in [0, 0.05) is 18.0 Å². The monoisotopic (exact) mass is 249 g/mol. The standard InChI is InChI=1S/C13H15NO4/c1-14-10-5-4-9(17-2)6-8(10)7-11(14)12(15)13(16)18-3/h4-7,12,15H,1-3H3. The van der Waals surface area contributed by atoms with E-state index in [-0.39, 0.29) is 0 Å². The molecule has 0 fully saturated rings. The van der Waals surface area contributed by atoms with E-state index in [1.54, 1.807) is 24.8 Å². The number of esters is 1. The number of carbonyl (C=O) groups is 1. The average Bonchev–Trinajstić information content (AvgIpc) is 2.73. The van der Waals surface area contributed by atoms with Crippen LogP contribution in [0.4, 0.5) is 0 Å². The summed E-state index contributed by atoms with van der Waals surface area (Å²) in [7, 11) is 4.63. The molecule has 0 saturated heterocycles. The molecule has 0 aliphatic heterocycles. The highest BCUT2D eigenvalue weighted by Gasteiger charge is 2.22. The van der Waals surface area contributed by atoms with Crippen molar-refractivity contribution in [2.75, 3.05) is 14.2 Å². The second-order valence-corrected chi connectivity index (χ2v) is 3.98. The topological polar surface area (TPSA) is 60.7 Å². The van der Waals surface area contributed by atoms with E-state index in [2.05, 4.69) is 4.74 Å². The normalized spacial score (nSPS) is 12.4. The molecule has 0 bridgehead atoms. The molecule has 5 nitrogen and oxygen atoms in total. The number of hydrogen-bond acceptors (Lipinski definition) is 4. The van der Waals surface area contributed by atoms with Crippen molar-refractivity contribution in [3.8, 4) is 5.75 Å². The number of carbonyl (C=O) groups excluding carboxylic acids is 1. The second-order valence-electron chi connectivity index (χ2n) is 3.98. The molecule has 1 unspecified atom stereocenters. The summed E-state index contributed by atoms with van der Waals surface area (Å²) in [6.07, 6.45) is -1.28. The lowest BCUT2D eigenvalue weighted by molar-refractivity contribution is -0.151. The SMILES string of the molecule is COC(=O)C(O)c1cc2cc(OC)ccc2n1C. The van der Waals surface area contributed by atoms with E-state index < -0.39 is 12.1 Å². The highest BCUT2D eigenvalue weighted by molar-refractivity contribution is 5.85. The van der Waals surface area contributed by atoms with Crippen LogP contribution >= 0.6 is 0 Å². The lowest BCUT2D eigenvalue weighted by atomic mass is 10.2. The number of ether oxygens (including phenoxy) is 2. The summed E-state index contributed by atoms with van der Waals surface area (Å²) in [5.41, 5.74) is 1.40. The molecule has 1 N–H and O–H groups in total. The molecule has 2 aromatic rings. The van der Waals surface area contributed by atoms with Crippen LogP contribution in [0.5, 0.6) is 5.75 Å². The predicted molar refractivity (Wildman–Crippen MR) is 66.4 cm³/mol. The van der Waals surface area contributed by atoms with Gasteiger partial charge in [-0.3, -0.25) is 0 Å². The van der Waals surface area contributed by atoms with Gasteiger partial charge in [-0.25, -0.2) is 4.79 Å². The maximum absolute atomic E-state index is 11.4. The largest absolute Gasteiger partial charge is 0.497 e. The van der Waals surface area contributed by atoms with Gasteiger partial charge in [0.1, 0.15) is 5.75 Å². The summed E-state index contributed by atoms with van der Waals surface area (Å²) < 4.78 is 11.4. The van der Waals surface area contributed by atoms with Crippen LogP contribution in [0.25, 0.3) is 10.9 Å². The zero-order valence-corrected chi connectivity index (χ0v) is 10.5. The van der Waals surface area contributed by atoms with Crippen LogP contribution < -0.4 is 4.74 Å². The molecule has 1 aromatic carbocycles. The van der Waals surface area contributed by atoms with Gasteiger partial charge in [0.05, 0.1) is 19.9 Å². The Hall–Kier alpha value is -2.01. The van der Waals surface area contributed by atoms with Crippen LogP contribution in [0.1, 0.15) is 11.8 Å². The average molecular weight is 249 g/mol. The minimum Gasteiger partial charge on any atom is -0.497 e. The van der Waals surface area contributed by atoms with Gasteiger partial charge in [0.2, 0.25) is 0 Å². The summed E-state index contributed by atoms with van der Waals surface area (Å²) >= 11 is 0. The molecule has 0 amide bonds. The van der Waals surface area contributed by atoms with Gasteiger partial charge in [0.15, 0.2) is 6.10 Å². The summed E-state index contributed by atoms with van der Waals surface area (Å²) in [6.45, 7) is 0. The van der Waals surface area contributed by atoms with Crippen LogP contribution in [-0.4, -0.2) is 29.9 Å². The number of benzene rings is 1. The van der Waals surface area contributed by atoms with E-state index in [1.807, 2.05) is 18.2 Å². The fraction of sp³-hybridized carbons (Fsp3) is 0.308. The Kier molecular flexibility index (Phi) is 3.25. The highest BCUT2D eigenvalue weighted by Crippen LogP contribution is 2.27. The number of aryl methyl sites for hydroxylation is 1. The molecule has 2 rings (SSSR count). The Morgan fingerprint density at radius 1 is 1.33 bits per heavy atom. The Morgan fingerprint density at radius 3 is 2.67 bits per heavy atom. The van der Waals surface area contributed by atoms with Crippen molar-refractivity contribution < 1.29 is 19.4 Å². The van der Waals surface area contributed by atoms with Crippen molar-refractivity contribution in [2.24, 2.45) is 7.05 Å². The number of hydrogen-bond donors (Lipinski definition) is 1. The number of methoxy groups -OCH3 is 2. The third-order valence-corrected chi connectivity index (χ3v) is 2.99. The molecule has 0 aliphatic carbocycles. The van der Waals surface area contributed by atoms with E-state index in [4.69, 9.17) is 4.74 Å². The molecule has 1 heterocycles. The van der Waals surface area contributed by atoms with Gasteiger partial charge in [-0.15, -0.1) is 0 Å². The third kappa shape index (κ3) is 1.93. The molecule has 0 radical (unpaired) electrons. The van der Waals surface area contributed by atoms with Gasteiger partial charge in [-0.1, -0.05) is 0 Å². The van der Waals surface area contributed by atoms with Crippen molar-refractivity contribution in [1.29, 1.82) is 0 Å². The first-order valence-corrected chi connectivity index (χ1v) is 5.47. The summed E-state index contributed by atoms with van der Waals surface area (Å²) in [6, 6.07) is 7.31. The fourth-order valence-corrected chi connectivity index (χ4v) is 1.97. The van der Waals surface area contributed by atoms with Crippen LogP contribution in [0.2, 0.25) is 0 Å². The highest BCUT2D eigenvalue weighted by atomic mass is 16.5. The predicted octanol–water partition coefficient (Wildman–Crippen LogP) is 1.39. The summed E-state index contributed by atoms with van der Waals surface area (Å²) in [5, 5.41) is 10.8. The van der Waals surface area contributed by atoms with E-state index in [0.717, 1.165) is 16.7 Å². The zero-order valence-electron chi connectivity index (χ0n) is 10.5. The van der Waals surface area contributed by atoms with E-state index in [0.29, 0.717) is 5.69 Å². The van der Waals surface area contributed by atoms with Gasteiger partial charge in [0.25, 0.3) is 0 Å². The summed E-state index contributed by atoms with van der Waals surface area (Å²) in [5.74, 6) is 0.0556. The van der Waals surface area contributed by atoms with Crippen LogP contribution in [0.15, 0.2) is 24.3 Å². The molecule has 1 atom stereocenters. The molecule has 18 heavy (non-hydrogen) atoms. The second kappa shape index (κ2) is 4.70. The molecule has 0 aliphatic rings. The van der Waals surface area contributed by atoms with Crippen molar-refractivity contribution in [1.82, 2.24) is 4.57 Å². The lowest BCUT2D eigenvalue weighted by Crippen LogP contribution is -2.16. The number of fused-ring (bicyclic) bond motifs is 1. The zero-order chi connectivity index (χ0) is 13.3. The van der Waals surface area contributed by atoms with Gasteiger partial charge in [-0.05, 0) is 24.3 Å². The van der Waals surface area contributed by atoms with Crippen molar-refractivity contribution in [3.63, 3.8) is 0 Å². The molecular weight excluding hydrogens is 234 g/mol. The lowest BCUT2D eigenvalue weighted by Gasteiger charge is -2.09. The Labute approximate surface area is 105 Å². The van der Waals surface area contributed by atoms with E-state index >= 15 is 0 Å². The van der Waals surface area contributed by atoms with Crippen LogP contribution in [-0.2, 0) is 16.6 Å². The Morgan fingerprint density at radius 2 is 2.06 bits per heavy atom. The number of aliphatic hydroxyl groups excluding tert-OH is 1. The molecule has 0 spiro atoms. The summed E-state index contributed by atoms with van der Waals surface area (Å²) in [4.78, 5) is 11.4. The number of nitrogens with zero attached hydrogens (tertiary/aromatic N) is 1. The first kappa shape index (κ1) is 12.4. The third-order valence-electron chi connectivity index (χ3n) is 2.99. The fourth-order valence-electron chi connectivity index (χ4n) is 1.97. The molecule has 5 heteroatoms. The Balaban J connectivity index is 2.53. The quantitative estimate of drug-likeness (QED) is 0.835. The minimum atomic E-state index is -1.28. The number of aliphatic hydroxyl groups is 1. The van der Waals surface area contributed by atoms with Crippen molar-refractivity contribution in [3.05, 3.63) is 30.0 Å². The minimum absolute atomic E-state index is 0.491. The van der Waals surface area contributed by atoms with Gasteiger partial charge >= 0.3 is 5.97 Å². The van der Waals surface area contributed by atoms with Crippen molar-refractivity contribution in [2.45, 2.75) is 6.10 Å². The maximum Gasteiger partial charge on any atom is 0.340 e. The molecular formula is C13H15NO4. The molecule has 1 aromatic heterocycles. The first-order chi connectivity index (χ1) is 8.58. The van der Waals surface area contributed by atoms with Gasteiger partial charge < -0.3 is 19.1 Å². The maximum atomic E-state index is 11.4. The number of aromatic nitrogens is 1. The first-order valence-electron chi connectivity index (χ1n) is 5.47. The van der Waals surface area contributed by atoms with Crippen molar-refractivity contribution >= 4 is 16.9 Å². The smallest absolute Gasteiger partial charge is 0.340 e. The molecule has 0 saturated carbocycles. The molecule has 96 valence electrons. The Bertz CT molecular complexity index is 588. The van der Waals surface area contributed by atoms with E-state index in [9.17, 15) is 9.90 Å². The van der Waals surface area contributed by atoms with Crippen LogP contribution in [0.3, 0.4) is 0 Å². The number of rotatable bonds is 3.